The Hall–Kier alpha value is -2.80. The maximum absolute atomic E-state index is 11.3. The number of rotatable bonds is 6. The van der Waals surface area contributed by atoms with E-state index < -0.39 is 0 Å². The van der Waals surface area contributed by atoms with Crippen LogP contribution in [-0.4, -0.2) is 24.0 Å². The molecule has 0 bridgehead atoms. The summed E-state index contributed by atoms with van der Waals surface area (Å²) in [5.41, 5.74) is 0.824. The van der Waals surface area contributed by atoms with Crippen molar-refractivity contribution in [2.24, 2.45) is 0 Å². The summed E-state index contributed by atoms with van der Waals surface area (Å²) in [6, 6.07) is 9.65. The van der Waals surface area contributed by atoms with E-state index in [0.717, 1.165) is 10.9 Å². The lowest BCUT2D eigenvalue weighted by Gasteiger charge is -2.05. The smallest absolute Gasteiger partial charge is 0.221 e. The molecule has 1 amide bonds. The predicted octanol–water partition coefficient (Wildman–Crippen LogP) is 2.70. The standard InChI is InChI=1S/C18H18N2O2/c1-2-3-11-17(21)19-12-4-5-14-22-16-10-6-8-15-9-7-13-20-18(15)16/h2,6-10,13H,1,3,11-12,14H2,(H,19,21). The number of hydrogen-bond donors (Lipinski definition) is 1. The molecule has 0 spiro atoms. The zero-order chi connectivity index (χ0) is 15.6. The zero-order valence-electron chi connectivity index (χ0n) is 12.3. The average Bonchev–Trinajstić information content (AvgIpc) is 2.56. The first kappa shape index (κ1) is 15.6. The van der Waals surface area contributed by atoms with Crippen molar-refractivity contribution in [3.05, 3.63) is 49.2 Å². The molecule has 0 unspecified atom stereocenters. The van der Waals surface area contributed by atoms with Gasteiger partial charge in [-0.25, -0.2) is 0 Å². The number of para-hydroxylation sites is 1. The lowest BCUT2D eigenvalue weighted by atomic mass is 10.2. The summed E-state index contributed by atoms with van der Waals surface area (Å²) in [6.07, 6.45) is 4.58. The molecule has 1 N–H and O–H groups in total. The number of nitrogens with one attached hydrogen (secondary N) is 1. The van der Waals surface area contributed by atoms with Gasteiger partial charge in [0.2, 0.25) is 5.91 Å². The molecule has 1 aromatic heterocycles. The Morgan fingerprint density at radius 1 is 1.32 bits per heavy atom. The van der Waals surface area contributed by atoms with Crippen LogP contribution in [0.5, 0.6) is 5.75 Å². The molecule has 1 aromatic carbocycles. The number of carbonyl (C=O) groups excluding carboxylic acids is 1. The molecule has 0 fully saturated rings. The first-order valence-electron chi connectivity index (χ1n) is 7.11. The van der Waals surface area contributed by atoms with E-state index in [0.29, 0.717) is 25.1 Å². The molecule has 0 aliphatic carbocycles. The summed E-state index contributed by atoms with van der Waals surface area (Å²) >= 11 is 0. The lowest BCUT2D eigenvalue weighted by Crippen LogP contribution is -2.22. The van der Waals surface area contributed by atoms with Crippen LogP contribution in [0.1, 0.15) is 12.8 Å². The van der Waals surface area contributed by atoms with Gasteiger partial charge in [0, 0.05) is 18.0 Å². The molecular formula is C18H18N2O2. The quantitative estimate of drug-likeness (QED) is 0.658. The largest absolute Gasteiger partial charge is 0.479 e. The third-order valence-corrected chi connectivity index (χ3v) is 2.97. The maximum Gasteiger partial charge on any atom is 0.221 e. The predicted molar refractivity (Wildman–Crippen MR) is 87.5 cm³/mol. The Balaban J connectivity index is 1.80. The van der Waals surface area contributed by atoms with Gasteiger partial charge in [-0.3, -0.25) is 9.78 Å². The summed E-state index contributed by atoms with van der Waals surface area (Å²) in [6.45, 7) is 4.16. The van der Waals surface area contributed by atoms with Crippen LogP contribution in [0, 0.1) is 11.8 Å². The summed E-state index contributed by atoms with van der Waals surface area (Å²) < 4.78 is 5.63. The topological polar surface area (TPSA) is 51.2 Å². The Morgan fingerprint density at radius 3 is 3.05 bits per heavy atom. The summed E-state index contributed by atoms with van der Waals surface area (Å²) in [7, 11) is 0. The second kappa shape index (κ2) is 8.48. The van der Waals surface area contributed by atoms with Crippen molar-refractivity contribution in [3.8, 4) is 17.6 Å². The van der Waals surface area contributed by atoms with Crippen LogP contribution in [-0.2, 0) is 4.79 Å². The molecule has 0 aliphatic rings. The molecule has 1 heterocycles. The third kappa shape index (κ3) is 4.64. The Labute approximate surface area is 130 Å². The summed E-state index contributed by atoms with van der Waals surface area (Å²) in [5, 5.41) is 3.75. The minimum Gasteiger partial charge on any atom is -0.479 e. The number of ether oxygens (including phenoxy) is 1. The highest BCUT2D eigenvalue weighted by Gasteiger charge is 2.01. The number of benzene rings is 1. The van der Waals surface area contributed by atoms with E-state index in [-0.39, 0.29) is 12.5 Å². The summed E-state index contributed by atoms with van der Waals surface area (Å²) in [5.74, 6) is 6.42. The Bertz CT molecular complexity index is 708. The minimum absolute atomic E-state index is 0.0200. The average molecular weight is 294 g/mol. The normalized spacial score (nSPS) is 9.64. The Morgan fingerprint density at radius 2 is 2.18 bits per heavy atom. The molecule has 22 heavy (non-hydrogen) atoms. The van der Waals surface area contributed by atoms with Crippen LogP contribution in [0.2, 0.25) is 0 Å². The molecule has 2 aromatic rings. The Kier molecular flexibility index (Phi) is 6.01. The van der Waals surface area contributed by atoms with Gasteiger partial charge >= 0.3 is 0 Å². The van der Waals surface area contributed by atoms with Crippen molar-refractivity contribution in [2.75, 3.05) is 13.2 Å². The van der Waals surface area contributed by atoms with E-state index in [4.69, 9.17) is 4.74 Å². The highest BCUT2D eigenvalue weighted by molar-refractivity contribution is 5.84. The summed E-state index contributed by atoms with van der Waals surface area (Å²) in [4.78, 5) is 15.6. The van der Waals surface area contributed by atoms with Crippen LogP contribution in [0.25, 0.3) is 10.9 Å². The molecule has 4 nitrogen and oxygen atoms in total. The van der Waals surface area contributed by atoms with E-state index in [2.05, 4.69) is 28.7 Å². The van der Waals surface area contributed by atoms with Crippen LogP contribution in [0.15, 0.2) is 49.2 Å². The number of hydrogen-bond acceptors (Lipinski definition) is 3. The van der Waals surface area contributed by atoms with Crippen LogP contribution in [0.3, 0.4) is 0 Å². The van der Waals surface area contributed by atoms with Gasteiger partial charge in [0.15, 0.2) is 0 Å². The molecule has 112 valence electrons. The van der Waals surface area contributed by atoms with Crippen molar-refractivity contribution in [2.45, 2.75) is 12.8 Å². The number of allylic oxidation sites excluding steroid dienone is 1. The fraction of sp³-hybridized carbons (Fsp3) is 0.222. The number of carbonyl (C=O) groups is 1. The minimum atomic E-state index is -0.0200. The fourth-order valence-electron chi connectivity index (χ4n) is 1.88. The second-order valence-electron chi connectivity index (χ2n) is 4.58. The molecule has 0 aliphatic heterocycles. The van der Waals surface area contributed by atoms with Crippen LogP contribution in [0.4, 0.5) is 0 Å². The van der Waals surface area contributed by atoms with E-state index in [1.807, 2.05) is 30.3 Å². The van der Waals surface area contributed by atoms with E-state index in [9.17, 15) is 4.79 Å². The zero-order valence-corrected chi connectivity index (χ0v) is 12.3. The van der Waals surface area contributed by atoms with Gasteiger partial charge in [-0.15, -0.1) is 6.58 Å². The van der Waals surface area contributed by atoms with Gasteiger partial charge in [0.1, 0.15) is 17.9 Å². The van der Waals surface area contributed by atoms with Crippen LogP contribution >= 0.6 is 0 Å². The van der Waals surface area contributed by atoms with Gasteiger partial charge in [-0.2, -0.15) is 0 Å². The SMILES string of the molecule is C=CCCC(=O)NCC#CCOc1cccc2cccnc12. The number of nitrogens with zero attached hydrogens (tertiary/aromatic N) is 1. The monoisotopic (exact) mass is 294 g/mol. The highest BCUT2D eigenvalue weighted by Crippen LogP contribution is 2.22. The fourth-order valence-corrected chi connectivity index (χ4v) is 1.88. The lowest BCUT2D eigenvalue weighted by molar-refractivity contribution is -0.120. The number of aromatic nitrogens is 1. The first-order valence-corrected chi connectivity index (χ1v) is 7.11. The van der Waals surface area contributed by atoms with Crippen LogP contribution < -0.4 is 10.1 Å². The van der Waals surface area contributed by atoms with Gasteiger partial charge in [0.05, 0.1) is 6.54 Å². The number of amides is 1. The number of fused-ring (bicyclic) bond motifs is 1. The third-order valence-electron chi connectivity index (χ3n) is 2.97. The van der Waals surface area contributed by atoms with Gasteiger partial charge in [-0.1, -0.05) is 36.1 Å². The molecule has 4 heteroatoms. The van der Waals surface area contributed by atoms with Gasteiger partial charge in [0.25, 0.3) is 0 Å². The molecule has 2 rings (SSSR count). The second-order valence-corrected chi connectivity index (χ2v) is 4.58. The van der Waals surface area contributed by atoms with Crippen molar-refractivity contribution in [1.82, 2.24) is 10.3 Å². The maximum atomic E-state index is 11.3. The van der Waals surface area contributed by atoms with Crippen molar-refractivity contribution in [1.29, 1.82) is 0 Å². The van der Waals surface area contributed by atoms with E-state index in [1.165, 1.54) is 0 Å². The van der Waals surface area contributed by atoms with Gasteiger partial charge in [-0.05, 0) is 18.6 Å². The highest BCUT2D eigenvalue weighted by atomic mass is 16.5. The van der Waals surface area contributed by atoms with Gasteiger partial charge < -0.3 is 10.1 Å². The molecular weight excluding hydrogens is 276 g/mol. The molecule has 0 atom stereocenters. The van der Waals surface area contributed by atoms with E-state index in [1.54, 1.807) is 12.3 Å². The first-order chi connectivity index (χ1) is 10.8. The molecule has 0 saturated heterocycles. The van der Waals surface area contributed by atoms with Crippen molar-refractivity contribution < 1.29 is 9.53 Å². The molecule has 0 saturated carbocycles. The molecule has 0 radical (unpaired) electrons. The van der Waals surface area contributed by atoms with E-state index >= 15 is 0 Å². The number of pyridine rings is 1. The van der Waals surface area contributed by atoms with Crippen molar-refractivity contribution >= 4 is 16.8 Å². The van der Waals surface area contributed by atoms with Crippen molar-refractivity contribution in [3.63, 3.8) is 0 Å².